The Balaban J connectivity index is 0.000000347. The van der Waals surface area contributed by atoms with Crippen molar-refractivity contribution in [1.29, 1.82) is 0 Å². The van der Waals surface area contributed by atoms with Gasteiger partial charge in [-0.25, -0.2) is 8.42 Å². The molecule has 0 aromatic heterocycles. The molecule has 0 unspecified atom stereocenters. The van der Waals surface area contributed by atoms with Gasteiger partial charge in [-0.3, -0.25) is 4.55 Å². The topological polar surface area (TPSA) is 173 Å². The number of aromatic hydroxyl groups is 1. The normalized spacial score (nSPS) is 11.2. The molecular weight excluding hydrogens is 721 g/mol. The van der Waals surface area contributed by atoms with Crippen LogP contribution < -0.4 is 14.6 Å². The first-order chi connectivity index (χ1) is 23.8. The molecule has 0 fully saturated rings. The van der Waals surface area contributed by atoms with E-state index in [0.29, 0.717) is 47.0 Å². The van der Waals surface area contributed by atoms with Crippen molar-refractivity contribution in [2.24, 2.45) is 0 Å². The molecular formula is C38H46CaO10S2. The molecule has 4 aromatic carbocycles. The van der Waals surface area contributed by atoms with Gasteiger partial charge >= 0.3 is 37.7 Å². The third-order valence-electron chi connectivity index (χ3n) is 7.87. The zero-order valence-electron chi connectivity index (χ0n) is 29.3. The minimum Gasteiger partial charge on any atom is -0.872 e. The molecule has 0 radical (unpaired) electrons. The first kappa shape index (κ1) is 44.3. The molecule has 0 aliphatic rings. The molecule has 0 amide bonds. The van der Waals surface area contributed by atoms with E-state index in [1.807, 2.05) is 0 Å². The van der Waals surface area contributed by atoms with Crippen molar-refractivity contribution in [3.05, 3.63) is 96.1 Å². The van der Waals surface area contributed by atoms with Crippen LogP contribution in [0.25, 0.3) is 0 Å². The van der Waals surface area contributed by atoms with Crippen LogP contribution in [0, 0.1) is 0 Å². The molecule has 0 atom stereocenters. The molecule has 10 nitrogen and oxygen atoms in total. The average Bonchev–Trinajstić information content (AvgIpc) is 3.05. The van der Waals surface area contributed by atoms with E-state index in [1.165, 1.54) is 48.5 Å². The largest absolute Gasteiger partial charge is 2.00 e. The first-order valence-corrected chi connectivity index (χ1v) is 19.8. The Labute approximate surface area is 332 Å². The maximum absolute atomic E-state index is 11.7. The summed E-state index contributed by atoms with van der Waals surface area (Å²) in [6.45, 7) is 4.25. The van der Waals surface area contributed by atoms with Crippen LogP contribution in [0.3, 0.4) is 0 Å². The second kappa shape index (κ2) is 22.3. The fraction of sp³-hybridized carbons (Fsp3) is 0.368. The number of rotatable bonds is 18. The molecule has 0 saturated heterocycles. The number of ether oxygens (including phenoxy) is 2. The summed E-state index contributed by atoms with van der Waals surface area (Å²) < 4.78 is 79.2. The molecule has 0 bridgehead atoms. The third kappa shape index (κ3) is 15.3. The van der Waals surface area contributed by atoms with Crippen molar-refractivity contribution < 1.29 is 45.6 Å². The van der Waals surface area contributed by atoms with Gasteiger partial charge in [-0.2, -0.15) is 8.42 Å². The molecule has 272 valence electrons. The van der Waals surface area contributed by atoms with Crippen LogP contribution in [0.2, 0.25) is 0 Å². The Hall–Kier alpha value is -2.84. The molecule has 0 heterocycles. The summed E-state index contributed by atoms with van der Waals surface area (Å²) >= 11 is 0. The van der Waals surface area contributed by atoms with Crippen molar-refractivity contribution in [2.75, 3.05) is 0 Å². The van der Waals surface area contributed by atoms with Gasteiger partial charge in [-0.1, -0.05) is 95.5 Å². The van der Waals surface area contributed by atoms with Crippen LogP contribution in [0.5, 0.6) is 34.5 Å². The fourth-order valence-corrected chi connectivity index (χ4v) is 6.91. The zero-order chi connectivity index (χ0) is 36.6. The van der Waals surface area contributed by atoms with Crippen LogP contribution >= 0.6 is 0 Å². The summed E-state index contributed by atoms with van der Waals surface area (Å²) in [7, 11) is -8.93. The second-order valence-electron chi connectivity index (χ2n) is 11.9. The van der Waals surface area contributed by atoms with Crippen molar-refractivity contribution >= 4 is 58.0 Å². The van der Waals surface area contributed by atoms with E-state index >= 15 is 0 Å². The van der Waals surface area contributed by atoms with E-state index < -0.39 is 20.2 Å². The molecule has 0 aliphatic heterocycles. The van der Waals surface area contributed by atoms with E-state index in [1.54, 1.807) is 36.4 Å². The minimum atomic E-state index is -4.60. The van der Waals surface area contributed by atoms with Gasteiger partial charge in [0.05, 0.1) is 4.90 Å². The molecule has 0 spiro atoms. The molecule has 51 heavy (non-hydrogen) atoms. The van der Waals surface area contributed by atoms with E-state index in [4.69, 9.17) is 9.47 Å². The maximum Gasteiger partial charge on any atom is 2.00 e. The summed E-state index contributed by atoms with van der Waals surface area (Å²) in [5.74, 6) is 1.25. The molecule has 13 heteroatoms. The molecule has 0 aliphatic carbocycles. The SMILES string of the molecule is CCCCCCCc1c(Oc2cccc(O)c2)cccc1S(=O)(=O)O.CCCCCCCc1c(Oc2cccc([O-])c2)cccc1S(=O)(=O)[O-].[Ca+2]. The van der Waals surface area contributed by atoms with E-state index in [-0.39, 0.29) is 59.0 Å². The van der Waals surface area contributed by atoms with Gasteiger partial charge < -0.3 is 24.2 Å². The average molecular weight is 767 g/mol. The summed E-state index contributed by atoms with van der Waals surface area (Å²) in [4.78, 5) is -0.376. The van der Waals surface area contributed by atoms with Gasteiger partial charge in [0.2, 0.25) is 0 Å². The van der Waals surface area contributed by atoms with Gasteiger partial charge in [-0.05, 0) is 74.2 Å². The Morgan fingerprint density at radius 3 is 1.53 bits per heavy atom. The van der Waals surface area contributed by atoms with Crippen LogP contribution in [0.15, 0.2) is 94.7 Å². The molecule has 4 rings (SSSR count). The number of unbranched alkanes of at least 4 members (excludes halogenated alkanes) is 8. The maximum atomic E-state index is 11.7. The molecule has 2 N–H and O–H groups in total. The number of hydrogen-bond acceptors (Lipinski definition) is 9. The standard InChI is InChI=1S/2C19H24O5S.Ca/c2*1-2-3-4-5-6-11-17-18(12-8-13-19(17)25(21,22)23)24-16-10-7-9-15(20)14-16;/h2*7-10,12-14,20H,2-6,11H2,1H3,(H,21,22,23);/q;;+2/p-2. The van der Waals surface area contributed by atoms with E-state index in [0.717, 1.165) is 64.2 Å². The van der Waals surface area contributed by atoms with E-state index in [9.17, 15) is 36.2 Å². The molecule has 4 aromatic rings. The first-order valence-electron chi connectivity index (χ1n) is 16.9. The van der Waals surface area contributed by atoms with Gasteiger partial charge in [0, 0.05) is 17.2 Å². The Bertz CT molecular complexity index is 1740. The summed E-state index contributed by atoms with van der Waals surface area (Å²) in [6, 6.07) is 21.2. The number of phenolic OH excluding ortho intramolecular Hbond substituents is 1. The van der Waals surface area contributed by atoms with Gasteiger partial charge in [0.1, 0.15) is 43.8 Å². The monoisotopic (exact) mass is 766 g/mol. The van der Waals surface area contributed by atoms with Gasteiger partial charge in [-0.15, -0.1) is 5.75 Å². The third-order valence-corrected chi connectivity index (χ3v) is 9.73. The Morgan fingerprint density at radius 2 is 1.06 bits per heavy atom. The fourth-order valence-electron chi connectivity index (χ4n) is 5.40. The zero-order valence-corrected chi connectivity index (χ0v) is 33.1. The number of hydrogen-bond donors (Lipinski definition) is 2. The summed E-state index contributed by atoms with van der Waals surface area (Å²) in [6.07, 6.45) is 11.1. The van der Waals surface area contributed by atoms with Crippen molar-refractivity contribution in [1.82, 2.24) is 0 Å². The van der Waals surface area contributed by atoms with Crippen molar-refractivity contribution in [2.45, 2.75) is 101 Å². The van der Waals surface area contributed by atoms with Gasteiger partial charge in [0.15, 0.2) is 0 Å². The minimum absolute atomic E-state index is 0. The van der Waals surface area contributed by atoms with Gasteiger partial charge in [0.25, 0.3) is 10.1 Å². The summed E-state index contributed by atoms with van der Waals surface area (Å²) in [5, 5.41) is 21.0. The van der Waals surface area contributed by atoms with Crippen LogP contribution in [-0.4, -0.2) is 68.8 Å². The molecule has 0 saturated carbocycles. The van der Waals surface area contributed by atoms with Crippen molar-refractivity contribution in [3.63, 3.8) is 0 Å². The van der Waals surface area contributed by atoms with Crippen molar-refractivity contribution in [3.8, 4) is 34.5 Å². The predicted octanol–water partition coefficient (Wildman–Crippen LogP) is 8.53. The Morgan fingerprint density at radius 1 is 0.608 bits per heavy atom. The summed E-state index contributed by atoms with van der Waals surface area (Å²) in [5.41, 5.74) is 0.843. The van der Waals surface area contributed by atoms with E-state index in [2.05, 4.69) is 13.8 Å². The quantitative estimate of drug-likeness (QED) is 0.0568. The number of phenols is 1. The van der Waals surface area contributed by atoms with Crippen LogP contribution in [0.4, 0.5) is 0 Å². The Kier molecular flexibility index (Phi) is 19.4. The van der Waals surface area contributed by atoms with Crippen LogP contribution in [0.1, 0.15) is 89.2 Å². The smallest absolute Gasteiger partial charge is 0.872 e. The second-order valence-corrected chi connectivity index (χ2v) is 14.6. The number of benzene rings is 4. The van der Waals surface area contributed by atoms with Crippen LogP contribution in [-0.2, 0) is 33.1 Å². The predicted molar refractivity (Wildman–Crippen MR) is 195 cm³/mol.